The van der Waals surface area contributed by atoms with Crippen LogP contribution in [0.5, 0.6) is 0 Å². The van der Waals surface area contributed by atoms with Crippen molar-refractivity contribution in [2.24, 2.45) is 0 Å². The van der Waals surface area contributed by atoms with E-state index < -0.39 is 0 Å². The molecule has 1 rings (SSSR count). The second-order valence-corrected chi connectivity index (χ2v) is 6.36. The number of nitrogens with one attached hydrogen (secondary N) is 1. The Kier molecular flexibility index (Phi) is 7.55. The van der Waals surface area contributed by atoms with Crippen molar-refractivity contribution in [3.8, 4) is 0 Å². The molecule has 6 heteroatoms. The summed E-state index contributed by atoms with van der Waals surface area (Å²) in [5.41, 5.74) is 1.90. The van der Waals surface area contributed by atoms with Crippen molar-refractivity contribution in [2.75, 3.05) is 38.6 Å². The molecule has 1 aromatic carbocycles. The first-order chi connectivity index (χ1) is 10.3. The van der Waals surface area contributed by atoms with Crippen LogP contribution >= 0.6 is 15.9 Å². The molecule has 0 saturated heterocycles. The molecule has 0 aliphatic carbocycles. The molecule has 2 amide bonds. The van der Waals surface area contributed by atoms with Gasteiger partial charge in [0.2, 0.25) is 11.8 Å². The van der Waals surface area contributed by atoms with E-state index in [1.807, 2.05) is 44.1 Å². The van der Waals surface area contributed by atoms with Gasteiger partial charge in [-0.1, -0.05) is 22.0 Å². The van der Waals surface area contributed by atoms with E-state index in [1.165, 1.54) is 6.92 Å². The number of carbonyl (C=O) groups is 2. The molecule has 0 spiro atoms. The van der Waals surface area contributed by atoms with Crippen molar-refractivity contribution in [3.63, 3.8) is 0 Å². The van der Waals surface area contributed by atoms with Crippen LogP contribution in [0, 0.1) is 6.92 Å². The summed E-state index contributed by atoms with van der Waals surface area (Å²) < 4.78 is 0.951. The van der Waals surface area contributed by atoms with Crippen LogP contribution in [0.3, 0.4) is 0 Å². The predicted octanol–water partition coefficient (Wildman–Crippen LogP) is 2.18. The largest absolute Gasteiger partial charge is 0.355 e. The molecule has 0 bridgehead atoms. The van der Waals surface area contributed by atoms with Gasteiger partial charge in [0.25, 0.3) is 0 Å². The minimum atomic E-state index is -0.0724. The molecule has 0 heterocycles. The van der Waals surface area contributed by atoms with Crippen molar-refractivity contribution in [1.82, 2.24) is 10.2 Å². The van der Waals surface area contributed by atoms with Crippen LogP contribution in [0.25, 0.3) is 0 Å². The second-order valence-electron chi connectivity index (χ2n) is 5.51. The minimum absolute atomic E-state index is 0.0423. The molecule has 22 heavy (non-hydrogen) atoms. The number of amides is 2. The molecule has 0 aliphatic heterocycles. The Morgan fingerprint density at radius 2 is 1.91 bits per heavy atom. The number of hydrogen-bond donors (Lipinski definition) is 1. The first-order valence-corrected chi connectivity index (χ1v) is 8.06. The third kappa shape index (κ3) is 6.15. The fourth-order valence-corrected chi connectivity index (χ4v) is 2.31. The smallest absolute Gasteiger partial charge is 0.223 e. The summed E-state index contributed by atoms with van der Waals surface area (Å²) in [6.45, 7) is 5.29. The maximum atomic E-state index is 11.8. The third-order valence-corrected chi connectivity index (χ3v) is 4.15. The highest BCUT2D eigenvalue weighted by molar-refractivity contribution is 9.10. The number of benzene rings is 1. The van der Waals surface area contributed by atoms with Gasteiger partial charge in [-0.2, -0.15) is 0 Å². The summed E-state index contributed by atoms with van der Waals surface area (Å²) in [7, 11) is 3.91. The van der Waals surface area contributed by atoms with Gasteiger partial charge in [0.1, 0.15) is 0 Å². The van der Waals surface area contributed by atoms with Gasteiger partial charge in [0.05, 0.1) is 0 Å². The van der Waals surface area contributed by atoms with E-state index in [2.05, 4.69) is 21.2 Å². The number of likely N-dealkylation sites (N-methyl/N-ethyl adjacent to an activating group) is 1. The van der Waals surface area contributed by atoms with E-state index in [0.29, 0.717) is 19.5 Å². The Balaban J connectivity index is 2.60. The molecule has 0 atom stereocenters. The van der Waals surface area contributed by atoms with Gasteiger partial charge in [-0.25, -0.2) is 0 Å². The van der Waals surface area contributed by atoms with Crippen molar-refractivity contribution < 1.29 is 9.59 Å². The molecule has 0 radical (unpaired) electrons. The van der Waals surface area contributed by atoms with Crippen LogP contribution in [0.4, 0.5) is 5.69 Å². The molecule has 0 unspecified atom stereocenters. The topological polar surface area (TPSA) is 52.7 Å². The lowest BCUT2D eigenvalue weighted by atomic mass is 10.2. The van der Waals surface area contributed by atoms with Gasteiger partial charge in [-0.15, -0.1) is 0 Å². The van der Waals surface area contributed by atoms with Crippen molar-refractivity contribution in [2.45, 2.75) is 20.3 Å². The SMILES string of the molecule is CC(=O)N(CCC(=O)NCCN(C)C)c1ccc(C)c(Br)c1. The van der Waals surface area contributed by atoms with Crippen LogP contribution in [-0.2, 0) is 9.59 Å². The summed E-state index contributed by atoms with van der Waals surface area (Å²) in [4.78, 5) is 27.3. The Morgan fingerprint density at radius 1 is 1.23 bits per heavy atom. The molecule has 5 nitrogen and oxygen atoms in total. The van der Waals surface area contributed by atoms with Crippen LogP contribution < -0.4 is 10.2 Å². The average molecular weight is 370 g/mol. The number of nitrogens with zero attached hydrogens (tertiary/aromatic N) is 2. The second kappa shape index (κ2) is 8.90. The molecule has 0 fully saturated rings. The number of carbonyl (C=O) groups excluding carboxylic acids is 2. The Bertz CT molecular complexity index is 532. The highest BCUT2D eigenvalue weighted by Crippen LogP contribution is 2.23. The zero-order valence-electron chi connectivity index (χ0n) is 13.6. The number of anilines is 1. The summed E-state index contributed by atoms with van der Waals surface area (Å²) in [5, 5.41) is 2.85. The molecular weight excluding hydrogens is 346 g/mol. The van der Waals surface area contributed by atoms with Gasteiger partial charge in [-0.3, -0.25) is 9.59 Å². The van der Waals surface area contributed by atoms with E-state index in [4.69, 9.17) is 0 Å². The Morgan fingerprint density at radius 3 is 2.45 bits per heavy atom. The quantitative estimate of drug-likeness (QED) is 0.801. The van der Waals surface area contributed by atoms with E-state index in [9.17, 15) is 9.59 Å². The van der Waals surface area contributed by atoms with Crippen LogP contribution in [-0.4, -0.2) is 50.4 Å². The molecule has 1 aromatic rings. The first-order valence-electron chi connectivity index (χ1n) is 7.27. The molecule has 122 valence electrons. The van der Waals surface area contributed by atoms with E-state index >= 15 is 0 Å². The summed E-state index contributed by atoms with van der Waals surface area (Å²) >= 11 is 3.47. The number of hydrogen-bond acceptors (Lipinski definition) is 3. The van der Waals surface area contributed by atoms with E-state index in [-0.39, 0.29) is 11.8 Å². The van der Waals surface area contributed by atoms with Crippen molar-refractivity contribution in [3.05, 3.63) is 28.2 Å². The van der Waals surface area contributed by atoms with Gasteiger partial charge in [0.15, 0.2) is 0 Å². The maximum absolute atomic E-state index is 11.8. The van der Waals surface area contributed by atoms with Gasteiger partial charge in [0, 0.05) is 43.1 Å². The van der Waals surface area contributed by atoms with Crippen molar-refractivity contribution >= 4 is 33.4 Å². The lowest BCUT2D eigenvalue weighted by Gasteiger charge is -2.21. The molecule has 0 aromatic heterocycles. The minimum Gasteiger partial charge on any atom is -0.355 e. The van der Waals surface area contributed by atoms with E-state index in [0.717, 1.165) is 22.3 Å². The van der Waals surface area contributed by atoms with Gasteiger partial charge < -0.3 is 15.1 Å². The average Bonchev–Trinajstić information content (AvgIpc) is 2.42. The summed E-state index contributed by atoms with van der Waals surface area (Å²) in [5.74, 6) is -0.115. The summed E-state index contributed by atoms with van der Waals surface area (Å²) in [6, 6.07) is 5.75. The fraction of sp³-hybridized carbons (Fsp3) is 0.500. The molecule has 0 saturated carbocycles. The first kappa shape index (κ1) is 18.6. The van der Waals surface area contributed by atoms with E-state index in [1.54, 1.807) is 4.90 Å². The Labute approximate surface area is 140 Å². The summed E-state index contributed by atoms with van der Waals surface area (Å²) in [6.07, 6.45) is 0.290. The van der Waals surface area contributed by atoms with Crippen LogP contribution in [0.1, 0.15) is 18.9 Å². The normalized spacial score (nSPS) is 10.6. The number of rotatable bonds is 7. The highest BCUT2D eigenvalue weighted by Gasteiger charge is 2.14. The lowest BCUT2D eigenvalue weighted by molar-refractivity contribution is -0.121. The van der Waals surface area contributed by atoms with Crippen LogP contribution in [0.15, 0.2) is 22.7 Å². The van der Waals surface area contributed by atoms with Gasteiger partial charge in [-0.05, 0) is 38.7 Å². The lowest BCUT2D eigenvalue weighted by Crippen LogP contribution is -2.36. The number of halogens is 1. The monoisotopic (exact) mass is 369 g/mol. The zero-order chi connectivity index (χ0) is 16.7. The Hall–Kier alpha value is -1.40. The predicted molar refractivity (Wildman–Crippen MR) is 93.1 cm³/mol. The number of aryl methyl sites for hydroxylation is 1. The molecule has 0 aliphatic rings. The van der Waals surface area contributed by atoms with Gasteiger partial charge >= 0.3 is 0 Å². The molecular formula is C16H24BrN3O2. The maximum Gasteiger partial charge on any atom is 0.223 e. The van der Waals surface area contributed by atoms with Crippen molar-refractivity contribution in [1.29, 1.82) is 0 Å². The highest BCUT2D eigenvalue weighted by atomic mass is 79.9. The zero-order valence-corrected chi connectivity index (χ0v) is 15.2. The van der Waals surface area contributed by atoms with Crippen LogP contribution in [0.2, 0.25) is 0 Å². The molecule has 1 N–H and O–H groups in total. The third-order valence-electron chi connectivity index (χ3n) is 3.29. The standard InChI is InChI=1S/C16H24BrN3O2/c1-12-5-6-14(11-15(12)17)20(13(2)21)9-7-16(22)18-8-10-19(3)4/h5-6,11H,7-10H2,1-4H3,(H,18,22). The fourth-order valence-electron chi connectivity index (χ4n) is 1.94.